The molecule has 1 rings (SSSR count). The summed E-state index contributed by atoms with van der Waals surface area (Å²) < 4.78 is 0. The molecule has 0 aliphatic carbocycles. The lowest BCUT2D eigenvalue weighted by atomic mass is 9.82. The summed E-state index contributed by atoms with van der Waals surface area (Å²) in [6, 6.07) is 8.56. The predicted octanol–water partition coefficient (Wildman–Crippen LogP) is 1.69. The van der Waals surface area contributed by atoms with Gasteiger partial charge in [0.2, 0.25) is 7.98 Å². The fraction of sp³-hybridized carbons (Fsp3) is 0.500. The van der Waals surface area contributed by atoms with E-state index in [9.17, 15) is 0 Å². The summed E-state index contributed by atoms with van der Waals surface area (Å²) >= 11 is 0. The Morgan fingerprint density at radius 3 is 2.62 bits per heavy atom. The highest BCUT2D eigenvalue weighted by Gasteiger charge is 2.17. The van der Waals surface area contributed by atoms with Gasteiger partial charge >= 0.3 is 0 Å². The van der Waals surface area contributed by atoms with Crippen LogP contribution < -0.4 is 10.9 Å². The van der Waals surface area contributed by atoms with Crippen LogP contribution in [0.5, 0.6) is 0 Å². The van der Waals surface area contributed by atoms with Gasteiger partial charge in [-0.15, -0.1) is 0 Å². The molecular weight excluding hydrogens is 197 g/mol. The van der Waals surface area contributed by atoms with Gasteiger partial charge in [0.1, 0.15) is 0 Å². The molecule has 0 unspecified atom stereocenters. The first kappa shape index (κ1) is 13.1. The highest BCUT2D eigenvalue weighted by molar-refractivity contribution is 6.04. The summed E-state index contributed by atoms with van der Waals surface area (Å²) in [5.41, 5.74) is 8.96. The van der Waals surface area contributed by atoms with E-state index in [1.54, 1.807) is 0 Å². The third kappa shape index (κ3) is 3.25. The maximum Gasteiger partial charge on any atom is 0.234 e. The Kier molecular flexibility index (Phi) is 4.39. The molecule has 4 heteroatoms. The Hall–Kier alpha value is -0.995. The third-order valence-electron chi connectivity index (χ3n) is 3.16. The van der Waals surface area contributed by atoms with Crippen LogP contribution in [0.15, 0.2) is 24.3 Å². The molecule has 1 aromatic rings. The summed E-state index contributed by atoms with van der Waals surface area (Å²) in [4.78, 5) is 0. The van der Waals surface area contributed by atoms with Gasteiger partial charge in [0.25, 0.3) is 0 Å². The molecule has 0 aromatic heterocycles. The number of nitrogens with zero attached hydrogens (tertiary/aromatic N) is 1. The third-order valence-corrected chi connectivity index (χ3v) is 3.16. The zero-order valence-electron chi connectivity index (χ0n) is 11.0. The first-order chi connectivity index (χ1) is 7.49. The van der Waals surface area contributed by atoms with Crippen molar-refractivity contribution in [3.8, 4) is 0 Å². The van der Waals surface area contributed by atoms with Crippen LogP contribution in [0, 0.1) is 0 Å². The average Bonchev–Trinajstić information content (AvgIpc) is 2.29. The highest BCUT2D eigenvalue weighted by atomic mass is 15.7. The minimum atomic E-state index is 0.232. The van der Waals surface area contributed by atoms with Crippen LogP contribution in [-0.4, -0.2) is 20.1 Å². The molecule has 0 heterocycles. The van der Waals surface area contributed by atoms with Gasteiger partial charge in [-0.25, -0.2) is 5.03 Å². The van der Waals surface area contributed by atoms with Gasteiger partial charge < -0.3 is 5.43 Å². The lowest BCUT2D eigenvalue weighted by Gasteiger charge is -2.25. The number of hydrogen-bond donors (Lipinski definition) is 2. The van der Waals surface area contributed by atoms with Crippen molar-refractivity contribution in [2.75, 3.05) is 12.5 Å². The molecule has 0 fully saturated rings. The molecule has 0 saturated heterocycles. The largest absolute Gasteiger partial charge is 0.317 e. The molecule has 3 nitrogen and oxygen atoms in total. The van der Waals surface area contributed by atoms with Gasteiger partial charge in [0.05, 0.1) is 0 Å². The summed E-state index contributed by atoms with van der Waals surface area (Å²) in [5.74, 6) is 0. The standard InChI is InChI=1S/C12H22BN3/c1-5-12(2,3)10-7-6-8-11(9-10)15-16(13)14-4/h6-9,14-15H,5,13H2,1-4H3. The van der Waals surface area contributed by atoms with Gasteiger partial charge in [-0.3, -0.25) is 5.43 Å². The van der Waals surface area contributed by atoms with E-state index in [1.807, 2.05) is 20.1 Å². The van der Waals surface area contributed by atoms with E-state index in [0.717, 1.165) is 12.1 Å². The van der Waals surface area contributed by atoms with Gasteiger partial charge in [0.15, 0.2) is 0 Å². The van der Waals surface area contributed by atoms with Crippen molar-refractivity contribution in [2.45, 2.75) is 32.6 Å². The average molecular weight is 219 g/mol. The van der Waals surface area contributed by atoms with Crippen molar-refractivity contribution < 1.29 is 0 Å². The number of hydrazine groups is 2. The highest BCUT2D eigenvalue weighted by Crippen LogP contribution is 2.28. The number of nitrogens with one attached hydrogen (secondary N) is 2. The molecule has 0 aliphatic heterocycles. The molecule has 0 bridgehead atoms. The van der Waals surface area contributed by atoms with Gasteiger partial charge in [-0.05, 0) is 36.6 Å². The van der Waals surface area contributed by atoms with Crippen molar-refractivity contribution in [3.63, 3.8) is 0 Å². The molecule has 88 valence electrons. The van der Waals surface area contributed by atoms with Crippen LogP contribution in [0.1, 0.15) is 32.8 Å². The van der Waals surface area contributed by atoms with E-state index in [0.29, 0.717) is 0 Å². The van der Waals surface area contributed by atoms with E-state index in [1.165, 1.54) is 5.56 Å². The molecule has 0 spiro atoms. The van der Waals surface area contributed by atoms with E-state index < -0.39 is 0 Å². The van der Waals surface area contributed by atoms with Gasteiger partial charge in [0, 0.05) is 5.69 Å². The summed E-state index contributed by atoms with van der Waals surface area (Å²) in [7, 11) is 3.82. The maximum atomic E-state index is 3.25. The Morgan fingerprint density at radius 1 is 1.38 bits per heavy atom. The van der Waals surface area contributed by atoms with E-state index in [4.69, 9.17) is 0 Å². The van der Waals surface area contributed by atoms with Crippen molar-refractivity contribution in [1.29, 1.82) is 0 Å². The molecule has 0 aliphatic rings. The van der Waals surface area contributed by atoms with Gasteiger partial charge in [-0.2, -0.15) is 0 Å². The van der Waals surface area contributed by atoms with Crippen molar-refractivity contribution in [3.05, 3.63) is 29.8 Å². The number of anilines is 1. The SMILES string of the molecule is BN(NC)Nc1cccc(C(C)(C)CC)c1. The first-order valence-corrected chi connectivity index (χ1v) is 5.78. The number of hydrogen-bond acceptors (Lipinski definition) is 3. The monoisotopic (exact) mass is 219 g/mol. The number of rotatable bonds is 5. The van der Waals surface area contributed by atoms with E-state index in [-0.39, 0.29) is 5.41 Å². The zero-order valence-corrected chi connectivity index (χ0v) is 11.0. The van der Waals surface area contributed by atoms with Crippen molar-refractivity contribution >= 4 is 13.7 Å². The van der Waals surface area contributed by atoms with E-state index in [2.05, 4.69) is 55.9 Å². The molecule has 0 atom stereocenters. The van der Waals surface area contributed by atoms with Crippen molar-refractivity contribution in [1.82, 2.24) is 10.5 Å². The predicted molar refractivity (Wildman–Crippen MR) is 72.8 cm³/mol. The first-order valence-electron chi connectivity index (χ1n) is 5.78. The molecule has 0 saturated carbocycles. The topological polar surface area (TPSA) is 27.3 Å². The number of benzene rings is 1. The van der Waals surface area contributed by atoms with Crippen LogP contribution in [0.25, 0.3) is 0 Å². The smallest absolute Gasteiger partial charge is 0.234 e. The van der Waals surface area contributed by atoms with Crippen LogP contribution >= 0.6 is 0 Å². The normalized spacial score (nSPS) is 11.8. The minimum absolute atomic E-state index is 0.232. The molecule has 0 amide bonds. The fourth-order valence-electron chi connectivity index (χ4n) is 1.46. The Labute approximate surface area is 99.6 Å². The van der Waals surface area contributed by atoms with Crippen LogP contribution in [-0.2, 0) is 5.41 Å². The summed E-state index contributed by atoms with van der Waals surface area (Å²) in [6.07, 6.45) is 1.14. The molecule has 0 radical (unpaired) electrons. The van der Waals surface area contributed by atoms with Crippen molar-refractivity contribution in [2.24, 2.45) is 0 Å². The minimum Gasteiger partial charge on any atom is -0.317 e. The lowest BCUT2D eigenvalue weighted by molar-refractivity contribution is 0.438. The Balaban J connectivity index is 2.87. The maximum absolute atomic E-state index is 3.25. The lowest BCUT2D eigenvalue weighted by Crippen LogP contribution is -2.37. The molecule has 1 aromatic carbocycles. The van der Waals surface area contributed by atoms with Crippen LogP contribution in [0.4, 0.5) is 5.69 Å². The molecule has 2 N–H and O–H groups in total. The second-order valence-corrected chi connectivity index (χ2v) is 4.71. The Bertz CT molecular complexity index is 339. The second kappa shape index (κ2) is 5.37. The molecule has 16 heavy (non-hydrogen) atoms. The van der Waals surface area contributed by atoms with Gasteiger partial charge in [-0.1, -0.05) is 32.9 Å². The summed E-state index contributed by atoms with van der Waals surface area (Å²) in [5, 5.41) is 1.83. The summed E-state index contributed by atoms with van der Waals surface area (Å²) in [6.45, 7) is 6.77. The fourth-order valence-corrected chi connectivity index (χ4v) is 1.46. The zero-order chi connectivity index (χ0) is 12.2. The van der Waals surface area contributed by atoms with Crippen LogP contribution in [0.2, 0.25) is 0 Å². The second-order valence-electron chi connectivity index (χ2n) is 4.71. The van der Waals surface area contributed by atoms with Crippen LogP contribution in [0.3, 0.4) is 0 Å². The quantitative estimate of drug-likeness (QED) is 0.582. The van der Waals surface area contributed by atoms with E-state index >= 15 is 0 Å². The Morgan fingerprint density at radius 2 is 2.06 bits per heavy atom. The molecular formula is C12H22BN3.